The van der Waals surface area contributed by atoms with Gasteiger partial charge in [0.25, 0.3) is 11.7 Å². The van der Waals surface area contributed by atoms with Gasteiger partial charge in [0, 0.05) is 31.7 Å². The van der Waals surface area contributed by atoms with Gasteiger partial charge in [-0.1, -0.05) is 42.0 Å². The van der Waals surface area contributed by atoms with Gasteiger partial charge in [0.05, 0.1) is 37.5 Å². The molecule has 1 amide bonds. The third-order valence-corrected chi connectivity index (χ3v) is 6.27. The van der Waals surface area contributed by atoms with Crippen molar-refractivity contribution in [2.75, 3.05) is 46.5 Å². The second kappa shape index (κ2) is 10.2. The number of hydrogen-bond donors (Lipinski definition) is 1. The van der Waals surface area contributed by atoms with Crippen LogP contribution in [0.5, 0.6) is 0 Å². The zero-order chi connectivity index (χ0) is 24.2. The van der Waals surface area contributed by atoms with E-state index in [0.29, 0.717) is 43.0 Å². The number of benzene rings is 2. The minimum atomic E-state index is -0.769. The van der Waals surface area contributed by atoms with E-state index in [0.717, 1.165) is 18.7 Å². The SMILES string of the molecule is COC(=O)c1ccc([C@H]2C(=C(O)c3ccc(C)cc3)C(=O)C(=O)N2CCN2CCOCC2)cc1. The molecule has 8 nitrogen and oxygen atoms in total. The lowest BCUT2D eigenvalue weighted by Crippen LogP contribution is -2.42. The fourth-order valence-corrected chi connectivity index (χ4v) is 4.32. The first-order valence-corrected chi connectivity index (χ1v) is 11.2. The Morgan fingerprint density at radius 3 is 2.24 bits per heavy atom. The molecule has 0 spiro atoms. The number of carbonyl (C=O) groups excluding carboxylic acids is 3. The zero-order valence-corrected chi connectivity index (χ0v) is 19.3. The number of ketones is 1. The number of amides is 1. The first-order chi connectivity index (χ1) is 16.4. The molecule has 2 heterocycles. The number of carbonyl (C=O) groups is 3. The maximum absolute atomic E-state index is 13.1. The second-order valence-corrected chi connectivity index (χ2v) is 8.43. The van der Waals surface area contributed by atoms with Crippen LogP contribution in [0.1, 0.15) is 33.1 Å². The van der Waals surface area contributed by atoms with E-state index < -0.39 is 23.7 Å². The van der Waals surface area contributed by atoms with Crippen LogP contribution < -0.4 is 0 Å². The summed E-state index contributed by atoms with van der Waals surface area (Å²) in [5, 5.41) is 11.1. The Bertz CT molecular complexity index is 1100. The number of esters is 1. The summed E-state index contributed by atoms with van der Waals surface area (Å²) in [4.78, 5) is 41.8. The molecule has 0 aliphatic carbocycles. The average molecular weight is 465 g/mol. The van der Waals surface area contributed by atoms with Crippen molar-refractivity contribution in [3.05, 3.63) is 76.4 Å². The molecular weight excluding hydrogens is 436 g/mol. The Balaban J connectivity index is 1.73. The average Bonchev–Trinajstić information content (AvgIpc) is 3.12. The number of nitrogens with zero attached hydrogens (tertiary/aromatic N) is 2. The van der Waals surface area contributed by atoms with Gasteiger partial charge >= 0.3 is 5.97 Å². The molecule has 34 heavy (non-hydrogen) atoms. The number of morpholine rings is 1. The maximum atomic E-state index is 13.1. The van der Waals surface area contributed by atoms with Crippen molar-refractivity contribution in [3.8, 4) is 0 Å². The van der Waals surface area contributed by atoms with Gasteiger partial charge in [-0.25, -0.2) is 4.79 Å². The molecule has 178 valence electrons. The number of hydrogen-bond acceptors (Lipinski definition) is 7. The lowest BCUT2D eigenvalue weighted by atomic mass is 9.94. The van der Waals surface area contributed by atoms with Crippen LogP contribution in [0.3, 0.4) is 0 Å². The standard InChI is InChI=1S/C26H28N2O6/c1-17-3-5-19(6-4-17)23(29)21-22(18-7-9-20(10-8-18)26(32)33-2)28(25(31)24(21)30)12-11-27-13-15-34-16-14-27/h3-10,22,29H,11-16H2,1-2H3/t22-/m0/s1. The van der Waals surface area contributed by atoms with E-state index in [1.165, 1.54) is 12.0 Å². The maximum Gasteiger partial charge on any atom is 0.337 e. The fourth-order valence-electron chi connectivity index (χ4n) is 4.32. The van der Waals surface area contributed by atoms with Crippen molar-refractivity contribution in [2.45, 2.75) is 13.0 Å². The van der Waals surface area contributed by atoms with E-state index >= 15 is 0 Å². The van der Waals surface area contributed by atoms with Gasteiger partial charge in [-0.15, -0.1) is 0 Å². The van der Waals surface area contributed by atoms with Crippen LogP contribution in [0, 0.1) is 6.92 Å². The summed E-state index contributed by atoms with van der Waals surface area (Å²) in [6.07, 6.45) is 0. The van der Waals surface area contributed by atoms with Crippen LogP contribution in [0.25, 0.3) is 5.76 Å². The van der Waals surface area contributed by atoms with Gasteiger partial charge in [-0.05, 0) is 24.6 Å². The van der Waals surface area contributed by atoms with Gasteiger partial charge in [-0.3, -0.25) is 14.5 Å². The van der Waals surface area contributed by atoms with Gasteiger partial charge < -0.3 is 19.5 Å². The molecule has 0 saturated carbocycles. The Hall–Kier alpha value is -3.49. The minimum absolute atomic E-state index is 0.0432. The summed E-state index contributed by atoms with van der Waals surface area (Å²) < 4.78 is 10.2. The molecule has 2 fully saturated rings. The monoisotopic (exact) mass is 464 g/mol. The largest absolute Gasteiger partial charge is 0.507 e. The highest BCUT2D eigenvalue weighted by molar-refractivity contribution is 6.46. The predicted molar refractivity (Wildman–Crippen MR) is 125 cm³/mol. The summed E-state index contributed by atoms with van der Waals surface area (Å²) in [5.41, 5.74) is 2.50. The first-order valence-electron chi connectivity index (χ1n) is 11.2. The summed E-state index contributed by atoms with van der Waals surface area (Å²) >= 11 is 0. The highest BCUT2D eigenvalue weighted by atomic mass is 16.5. The van der Waals surface area contributed by atoms with Crippen molar-refractivity contribution in [2.24, 2.45) is 0 Å². The molecule has 0 aromatic heterocycles. The summed E-state index contributed by atoms with van der Waals surface area (Å²) in [5.74, 6) is -2.06. The Labute approximate surface area is 198 Å². The van der Waals surface area contributed by atoms with E-state index in [1.807, 2.05) is 19.1 Å². The lowest BCUT2D eigenvalue weighted by molar-refractivity contribution is -0.140. The number of ether oxygens (including phenoxy) is 2. The molecule has 1 atom stereocenters. The topological polar surface area (TPSA) is 96.4 Å². The van der Waals surface area contributed by atoms with Crippen molar-refractivity contribution in [3.63, 3.8) is 0 Å². The Morgan fingerprint density at radius 1 is 1.00 bits per heavy atom. The number of aliphatic hydroxyl groups is 1. The third kappa shape index (κ3) is 4.73. The quantitative estimate of drug-likeness (QED) is 0.304. The van der Waals surface area contributed by atoms with E-state index in [-0.39, 0.29) is 11.3 Å². The molecule has 0 bridgehead atoms. The highest BCUT2D eigenvalue weighted by Gasteiger charge is 2.46. The summed E-state index contributed by atoms with van der Waals surface area (Å²) in [6, 6.07) is 12.9. The Morgan fingerprint density at radius 2 is 1.62 bits per heavy atom. The molecule has 2 aromatic carbocycles. The van der Waals surface area contributed by atoms with Gasteiger partial charge in [0.1, 0.15) is 5.76 Å². The van der Waals surface area contributed by atoms with Crippen LogP contribution in [-0.4, -0.2) is 79.1 Å². The van der Waals surface area contributed by atoms with Gasteiger partial charge in [0.2, 0.25) is 0 Å². The number of methoxy groups -OCH3 is 1. The molecule has 2 aromatic rings. The van der Waals surface area contributed by atoms with Crippen molar-refractivity contribution < 1.29 is 29.0 Å². The predicted octanol–water partition coefficient (Wildman–Crippen LogP) is 2.54. The number of likely N-dealkylation sites (tertiary alicyclic amines) is 1. The number of Topliss-reactive ketones (excluding diaryl/α,β-unsaturated/α-hetero) is 1. The second-order valence-electron chi connectivity index (χ2n) is 8.43. The number of rotatable bonds is 6. The fraction of sp³-hybridized carbons (Fsp3) is 0.346. The van der Waals surface area contributed by atoms with E-state index in [1.54, 1.807) is 36.4 Å². The molecule has 4 rings (SSSR count). The minimum Gasteiger partial charge on any atom is -0.507 e. The molecule has 0 unspecified atom stereocenters. The molecule has 2 aliphatic rings. The van der Waals surface area contributed by atoms with Crippen molar-refractivity contribution in [1.82, 2.24) is 9.80 Å². The van der Waals surface area contributed by atoms with Gasteiger partial charge in [-0.2, -0.15) is 0 Å². The molecule has 2 aliphatic heterocycles. The van der Waals surface area contributed by atoms with E-state index in [4.69, 9.17) is 9.47 Å². The van der Waals surface area contributed by atoms with Crippen LogP contribution >= 0.6 is 0 Å². The molecule has 8 heteroatoms. The Kier molecular flexibility index (Phi) is 7.09. The number of aliphatic hydroxyl groups excluding tert-OH is 1. The van der Waals surface area contributed by atoms with E-state index in [9.17, 15) is 19.5 Å². The zero-order valence-electron chi connectivity index (χ0n) is 19.3. The smallest absolute Gasteiger partial charge is 0.337 e. The highest BCUT2D eigenvalue weighted by Crippen LogP contribution is 2.39. The van der Waals surface area contributed by atoms with E-state index in [2.05, 4.69) is 4.90 Å². The normalized spacial score (nSPS) is 20.5. The summed E-state index contributed by atoms with van der Waals surface area (Å²) in [7, 11) is 1.30. The number of aryl methyl sites for hydroxylation is 1. The van der Waals surface area contributed by atoms with Crippen molar-refractivity contribution in [1.29, 1.82) is 0 Å². The summed E-state index contributed by atoms with van der Waals surface area (Å²) in [6.45, 7) is 5.60. The van der Waals surface area contributed by atoms with Crippen LogP contribution in [0.4, 0.5) is 0 Å². The molecule has 2 saturated heterocycles. The molecule has 1 N–H and O–H groups in total. The first kappa shape index (κ1) is 23.7. The molecule has 0 radical (unpaired) electrons. The van der Waals surface area contributed by atoms with Crippen LogP contribution in [0.15, 0.2) is 54.1 Å². The van der Waals surface area contributed by atoms with Crippen molar-refractivity contribution >= 4 is 23.4 Å². The molecular formula is C26H28N2O6. The lowest BCUT2D eigenvalue weighted by Gasteiger charge is -2.31. The van der Waals surface area contributed by atoms with Crippen LogP contribution in [0.2, 0.25) is 0 Å². The van der Waals surface area contributed by atoms with Crippen LogP contribution in [-0.2, 0) is 19.1 Å². The third-order valence-electron chi connectivity index (χ3n) is 6.27. The van der Waals surface area contributed by atoms with Gasteiger partial charge in [0.15, 0.2) is 0 Å².